The molecular weight excluding hydrogens is 623 g/mol. The van der Waals surface area contributed by atoms with Gasteiger partial charge in [-0.3, -0.25) is 0 Å². The molecule has 5 unspecified atom stereocenters. The minimum atomic E-state index is -0.339. The lowest BCUT2D eigenvalue weighted by atomic mass is 9.95. The first-order valence-corrected chi connectivity index (χ1v) is 22.5. The van der Waals surface area contributed by atoms with Gasteiger partial charge in [0.05, 0.1) is 12.2 Å². The number of hydrogen-bond acceptors (Lipinski definition) is 3. The fourth-order valence-corrected chi connectivity index (χ4v) is 8.21. The number of fused-ring (bicyclic) bond motifs is 1. The highest BCUT2D eigenvalue weighted by Crippen LogP contribution is 2.49. The van der Waals surface area contributed by atoms with Crippen LogP contribution in [0.1, 0.15) is 207 Å². The molecular formula is C48H87NO2. The first-order chi connectivity index (χ1) is 24.9. The van der Waals surface area contributed by atoms with E-state index in [2.05, 4.69) is 95.3 Å². The van der Waals surface area contributed by atoms with Gasteiger partial charge in [0.1, 0.15) is 0 Å². The molecule has 1 aliphatic heterocycles. The molecule has 1 saturated heterocycles. The van der Waals surface area contributed by atoms with Crippen molar-refractivity contribution in [3.05, 3.63) is 48.6 Å². The van der Waals surface area contributed by atoms with Crippen LogP contribution in [0, 0.1) is 11.8 Å². The Kier molecular flexibility index (Phi) is 27.2. The minimum Gasteiger partial charge on any atom is -0.344 e. The van der Waals surface area contributed by atoms with Gasteiger partial charge in [0.25, 0.3) is 0 Å². The first-order valence-electron chi connectivity index (χ1n) is 22.5. The van der Waals surface area contributed by atoms with Gasteiger partial charge < -0.3 is 14.4 Å². The molecule has 1 aliphatic carbocycles. The molecule has 1 saturated carbocycles. The van der Waals surface area contributed by atoms with Crippen LogP contribution in [0.15, 0.2) is 48.6 Å². The van der Waals surface area contributed by atoms with Crippen LogP contribution in [0.2, 0.25) is 0 Å². The van der Waals surface area contributed by atoms with Gasteiger partial charge in [-0.25, -0.2) is 0 Å². The zero-order valence-corrected chi connectivity index (χ0v) is 35.1. The van der Waals surface area contributed by atoms with Gasteiger partial charge in [-0.1, -0.05) is 146 Å². The topological polar surface area (TPSA) is 21.7 Å². The van der Waals surface area contributed by atoms with E-state index in [1.807, 2.05) is 0 Å². The summed E-state index contributed by atoms with van der Waals surface area (Å²) in [6.07, 6.45) is 55.2. The van der Waals surface area contributed by atoms with Crippen LogP contribution in [0.5, 0.6) is 0 Å². The Morgan fingerprint density at radius 1 is 0.549 bits per heavy atom. The summed E-state index contributed by atoms with van der Waals surface area (Å²) in [6.45, 7) is 9.33. The third-order valence-corrected chi connectivity index (χ3v) is 11.8. The van der Waals surface area contributed by atoms with Crippen LogP contribution in [-0.2, 0) is 9.47 Å². The van der Waals surface area contributed by atoms with Crippen LogP contribution >= 0.6 is 0 Å². The summed E-state index contributed by atoms with van der Waals surface area (Å²) in [4.78, 5) is 2.37. The second-order valence-electron chi connectivity index (χ2n) is 16.8. The minimum absolute atomic E-state index is 0.289. The van der Waals surface area contributed by atoms with Crippen LogP contribution in [0.25, 0.3) is 0 Å². The van der Waals surface area contributed by atoms with Crippen molar-refractivity contribution in [2.75, 3.05) is 14.1 Å². The molecule has 0 spiro atoms. The predicted molar refractivity (Wildman–Crippen MR) is 225 cm³/mol. The van der Waals surface area contributed by atoms with Crippen molar-refractivity contribution >= 4 is 0 Å². The maximum Gasteiger partial charge on any atom is 0.169 e. The van der Waals surface area contributed by atoms with Gasteiger partial charge in [0, 0.05) is 18.9 Å². The summed E-state index contributed by atoms with van der Waals surface area (Å²) >= 11 is 0. The van der Waals surface area contributed by atoms with E-state index in [1.54, 1.807) is 0 Å². The van der Waals surface area contributed by atoms with E-state index in [9.17, 15) is 0 Å². The van der Waals surface area contributed by atoms with Crippen molar-refractivity contribution in [2.24, 2.45) is 11.8 Å². The quantitative estimate of drug-likeness (QED) is 0.0500. The zero-order valence-electron chi connectivity index (χ0n) is 35.1. The highest BCUT2D eigenvalue weighted by atomic mass is 16.8. The number of nitrogens with zero attached hydrogens (tertiary/aromatic N) is 1. The monoisotopic (exact) mass is 710 g/mol. The second kappa shape index (κ2) is 30.2. The van der Waals surface area contributed by atoms with Crippen LogP contribution in [0.4, 0.5) is 0 Å². The molecule has 0 amide bonds. The smallest absolute Gasteiger partial charge is 0.169 e. The van der Waals surface area contributed by atoms with E-state index in [-0.39, 0.29) is 11.9 Å². The Balaban J connectivity index is 1.68. The molecule has 1 heterocycles. The molecule has 2 fully saturated rings. The van der Waals surface area contributed by atoms with Crippen molar-refractivity contribution < 1.29 is 9.47 Å². The highest BCUT2D eigenvalue weighted by Gasteiger charge is 2.55. The summed E-state index contributed by atoms with van der Waals surface area (Å²) in [5, 5.41) is 0. The third kappa shape index (κ3) is 21.4. The first kappa shape index (κ1) is 46.0. The number of hydrogen-bond donors (Lipinski definition) is 0. The van der Waals surface area contributed by atoms with Crippen molar-refractivity contribution in [1.29, 1.82) is 0 Å². The van der Waals surface area contributed by atoms with Gasteiger partial charge in [-0.15, -0.1) is 0 Å². The number of ether oxygens (including phenoxy) is 2. The van der Waals surface area contributed by atoms with Gasteiger partial charge in [-0.2, -0.15) is 0 Å². The van der Waals surface area contributed by atoms with E-state index in [0.717, 1.165) is 25.7 Å². The molecule has 3 heteroatoms. The largest absolute Gasteiger partial charge is 0.344 e. The molecule has 0 radical (unpaired) electrons. The molecule has 2 aliphatic rings. The number of rotatable bonds is 33. The Labute approximate surface area is 319 Å². The third-order valence-electron chi connectivity index (χ3n) is 11.8. The highest BCUT2D eigenvalue weighted by molar-refractivity contribution is 4.99. The van der Waals surface area contributed by atoms with E-state index in [1.165, 1.54) is 154 Å². The van der Waals surface area contributed by atoms with E-state index in [0.29, 0.717) is 24.0 Å². The van der Waals surface area contributed by atoms with E-state index < -0.39 is 0 Å². The lowest BCUT2D eigenvalue weighted by Crippen LogP contribution is -2.34. The summed E-state index contributed by atoms with van der Waals surface area (Å²) in [7, 11) is 4.43. The maximum atomic E-state index is 7.12. The Hall–Kier alpha value is -1.16. The Morgan fingerprint density at radius 3 is 1.37 bits per heavy atom. The fourth-order valence-electron chi connectivity index (χ4n) is 8.21. The van der Waals surface area contributed by atoms with Crippen LogP contribution < -0.4 is 0 Å². The fraction of sp³-hybridized carbons (Fsp3) is 0.833. The number of unbranched alkanes of at least 4 members (excludes halogenated alkanes) is 18. The Morgan fingerprint density at radius 2 is 0.941 bits per heavy atom. The summed E-state index contributed by atoms with van der Waals surface area (Å²) < 4.78 is 14.2. The molecule has 0 aromatic heterocycles. The van der Waals surface area contributed by atoms with Gasteiger partial charge in [0.15, 0.2) is 5.79 Å². The van der Waals surface area contributed by atoms with Crippen molar-refractivity contribution in [3.8, 4) is 0 Å². The average Bonchev–Trinajstić information content (AvgIpc) is 3.63. The van der Waals surface area contributed by atoms with Gasteiger partial charge >= 0.3 is 0 Å². The summed E-state index contributed by atoms with van der Waals surface area (Å²) in [6, 6.07) is 0.583. The lowest BCUT2D eigenvalue weighted by molar-refractivity contribution is -0.199. The molecule has 0 aromatic carbocycles. The van der Waals surface area contributed by atoms with Crippen LogP contribution in [0.3, 0.4) is 0 Å². The normalized spacial score (nSPS) is 22.6. The van der Waals surface area contributed by atoms with Crippen molar-refractivity contribution in [3.63, 3.8) is 0 Å². The van der Waals surface area contributed by atoms with Crippen molar-refractivity contribution in [2.45, 2.75) is 232 Å². The predicted octanol–water partition coefficient (Wildman–Crippen LogP) is 14.9. The summed E-state index contributed by atoms with van der Waals surface area (Å²) in [5.74, 6) is 0.882. The standard InChI is InChI=1S/C48H87NO2/c1-7-9-11-13-15-17-19-21-23-25-27-29-31-33-35-37-39-48(50-46-43(3)41-45(47(46)51-48)42-44(4)49(5)6)40-38-36-34-32-30-28-26-24-22-20-18-16-14-12-10-8-2/h15-18,21-24,43-47H,7-14,19-20,25-42H2,1-6H3/b17-15-,18-16-,23-21-,24-22-. The van der Waals surface area contributed by atoms with E-state index >= 15 is 0 Å². The van der Waals surface area contributed by atoms with Crippen LogP contribution in [-0.4, -0.2) is 43.0 Å². The molecule has 51 heavy (non-hydrogen) atoms. The van der Waals surface area contributed by atoms with Gasteiger partial charge in [0.2, 0.25) is 0 Å². The second-order valence-corrected chi connectivity index (χ2v) is 16.8. The van der Waals surface area contributed by atoms with Crippen molar-refractivity contribution in [1.82, 2.24) is 4.90 Å². The summed E-state index contributed by atoms with van der Waals surface area (Å²) in [5.41, 5.74) is 0. The SMILES string of the molecule is CCCCC/C=C\C/C=C\CCCCCCCCC1(CCCCCCCC/C=C\C/C=C\CCCCC)OC2C(C)CC(CC(C)N(C)C)C2O1. The van der Waals surface area contributed by atoms with E-state index in [4.69, 9.17) is 9.47 Å². The number of allylic oxidation sites excluding steroid dienone is 8. The zero-order chi connectivity index (χ0) is 36.8. The Bertz CT molecular complexity index is 870. The maximum absolute atomic E-state index is 7.12. The molecule has 296 valence electrons. The molecule has 0 aromatic rings. The molecule has 5 atom stereocenters. The van der Waals surface area contributed by atoms with Gasteiger partial charge in [-0.05, 0) is 123 Å². The average molecular weight is 710 g/mol. The molecule has 2 rings (SSSR count). The lowest BCUT2D eigenvalue weighted by Gasteiger charge is -2.32. The molecule has 3 nitrogen and oxygen atoms in total. The molecule has 0 bridgehead atoms. The molecule has 0 N–H and O–H groups in total.